The lowest BCUT2D eigenvalue weighted by Crippen LogP contribution is -2.23. The van der Waals surface area contributed by atoms with Crippen molar-refractivity contribution < 1.29 is 4.79 Å². The second kappa shape index (κ2) is 7.21. The topological polar surface area (TPSA) is 73.8 Å². The van der Waals surface area contributed by atoms with E-state index in [0.717, 1.165) is 11.4 Å². The number of hydrogen-bond donors (Lipinski definition) is 1. The number of amides is 1. The number of hydrogen-bond acceptors (Lipinski definition) is 4. The van der Waals surface area contributed by atoms with Gasteiger partial charge in [0.2, 0.25) is 5.91 Å². The van der Waals surface area contributed by atoms with Gasteiger partial charge in [0, 0.05) is 12.1 Å². The molecule has 24 heavy (non-hydrogen) atoms. The van der Waals surface area contributed by atoms with E-state index in [9.17, 15) is 4.79 Å². The maximum Gasteiger partial charge on any atom is 0.230 e. The molecular formula is C18H24N4OS. The van der Waals surface area contributed by atoms with E-state index < -0.39 is 0 Å². The zero-order valence-electron chi connectivity index (χ0n) is 14.6. The molecule has 0 unspecified atom stereocenters. The van der Waals surface area contributed by atoms with Gasteiger partial charge in [-0.05, 0) is 17.9 Å². The van der Waals surface area contributed by atoms with Crippen molar-refractivity contribution in [3.05, 3.63) is 42.5 Å². The first-order chi connectivity index (χ1) is 11.2. The molecule has 0 bridgehead atoms. The van der Waals surface area contributed by atoms with Crippen LogP contribution in [0.3, 0.4) is 0 Å². The van der Waals surface area contributed by atoms with Crippen molar-refractivity contribution in [1.29, 1.82) is 0 Å². The Labute approximate surface area is 147 Å². The van der Waals surface area contributed by atoms with Crippen molar-refractivity contribution in [3.8, 4) is 11.4 Å². The predicted octanol–water partition coefficient (Wildman–Crippen LogP) is 3.39. The highest BCUT2D eigenvalue weighted by molar-refractivity contribution is 8.00. The summed E-state index contributed by atoms with van der Waals surface area (Å²) in [6.07, 6.45) is 1.79. The van der Waals surface area contributed by atoms with Crippen LogP contribution in [0.25, 0.3) is 11.4 Å². The fourth-order valence-electron chi connectivity index (χ4n) is 2.22. The minimum Gasteiger partial charge on any atom is -0.369 e. The Morgan fingerprint density at radius 3 is 2.46 bits per heavy atom. The number of nitrogens with zero attached hydrogens (tertiary/aromatic N) is 3. The Morgan fingerprint density at radius 1 is 1.33 bits per heavy atom. The first kappa shape index (κ1) is 18.3. The Morgan fingerprint density at radius 2 is 1.96 bits per heavy atom. The molecule has 5 nitrogen and oxygen atoms in total. The van der Waals surface area contributed by atoms with Gasteiger partial charge in [-0.15, -0.1) is 16.8 Å². The zero-order chi connectivity index (χ0) is 17.9. The lowest BCUT2D eigenvalue weighted by Gasteiger charge is -2.19. The van der Waals surface area contributed by atoms with Gasteiger partial charge in [-0.25, -0.2) is 0 Å². The monoisotopic (exact) mass is 344 g/mol. The van der Waals surface area contributed by atoms with Crippen LogP contribution in [0.4, 0.5) is 0 Å². The Kier molecular flexibility index (Phi) is 5.49. The first-order valence-electron chi connectivity index (χ1n) is 7.85. The molecule has 1 amide bonds. The van der Waals surface area contributed by atoms with Crippen LogP contribution in [-0.2, 0) is 16.8 Å². The average molecular weight is 344 g/mol. The molecule has 0 saturated heterocycles. The summed E-state index contributed by atoms with van der Waals surface area (Å²) in [6, 6.07) is 8.33. The molecule has 0 aliphatic carbocycles. The molecule has 1 aromatic carbocycles. The van der Waals surface area contributed by atoms with E-state index >= 15 is 0 Å². The number of primary amides is 1. The lowest BCUT2D eigenvalue weighted by molar-refractivity contribution is -0.117. The minimum absolute atomic E-state index is 0.102. The van der Waals surface area contributed by atoms with E-state index in [4.69, 9.17) is 5.73 Å². The molecular weight excluding hydrogens is 320 g/mol. The molecule has 1 atom stereocenters. The second-order valence-corrected chi connectivity index (χ2v) is 8.00. The molecule has 0 radical (unpaired) electrons. The smallest absolute Gasteiger partial charge is 0.230 e. The number of carbonyl (C=O) groups is 1. The van der Waals surface area contributed by atoms with E-state index in [0.29, 0.717) is 11.7 Å². The van der Waals surface area contributed by atoms with Crippen molar-refractivity contribution in [3.63, 3.8) is 0 Å². The molecule has 1 heterocycles. The van der Waals surface area contributed by atoms with Crippen LogP contribution in [0, 0.1) is 0 Å². The number of thioether (sulfide) groups is 1. The number of carbonyl (C=O) groups excluding carboxylic acids is 1. The van der Waals surface area contributed by atoms with Crippen LogP contribution < -0.4 is 5.73 Å². The summed E-state index contributed by atoms with van der Waals surface area (Å²) in [5, 5.41) is 8.82. The highest BCUT2D eigenvalue weighted by Gasteiger charge is 2.19. The molecule has 2 N–H and O–H groups in total. The molecule has 2 rings (SSSR count). The van der Waals surface area contributed by atoms with Gasteiger partial charge in [-0.2, -0.15) is 0 Å². The SMILES string of the molecule is C=CCn1c(S[C@H](C)C(N)=O)nnc1-c1ccc(C(C)(C)C)cc1. The summed E-state index contributed by atoms with van der Waals surface area (Å²) >= 11 is 1.31. The summed E-state index contributed by atoms with van der Waals surface area (Å²) in [6.45, 7) is 12.7. The fraction of sp³-hybridized carbons (Fsp3) is 0.389. The summed E-state index contributed by atoms with van der Waals surface area (Å²) in [7, 11) is 0. The third-order valence-corrected chi connectivity index (χ3v) is 4.82. The quantitative estimate of drug-likeness (QED) is 0.644. The van der Waals surface area contributed by atoms with Gasteiger partial charge in [0.15, 0.2) is 11.0 Å². The van der Waals surface area contributed by atoms with Gasteiger partial charge in [0.25, 0.3) is 0 Å². The van der Waals surface area contributed by atoms with Gasteiger partial charge in [0.1, 0.15) is 0 Å². The maximum atomic E-state index is 11.3. The second-order valence-electron chi connectivity index (χ2n) is 6.70. The number of rotatable bonds is 6. The van der Waals surface area contributed by atoms with Crippen molar-refractivity contribution in [1.82, 2.24) is 14.8 Å². The summed E-state index contributed by atoms with van der Waals surface area (Å²) in [5.41, 5.74) is 7.69. The van der Waals surface area contributed by atoms with Gasteiger partial charge in [0.05, 0.1) is 5.25 Å². The maximum absolute atomic E-state index is 11.3. The minimum atomic E-state index is -0.371. The van der Waals surface area contributed by atoms with Gasteiger partial charge < -0.3 is 5.73 Å². The number of nitrogens with two attached hydrogens (primary N) is 1. The van der Waals surface area contributed by atoms with Crippen molar-refractivity contribution in [2.24, 2.45) is 5.73 Å². The third-order valence-electron chi connectivity index (χ3n) is 3.72. The van der Waals surface area contributed by atoms with E-state index in [-0.39, 0.29) is 16.6 Å². The molecule has 2 aromatic rings. The van der Waals surface area contributed by atoms with Crippen LogP contribution in [0.1, 0.15) is 33.3 Å². The van der Waals surface area contributed by atoms with E-state index in [1.165, 1.54) is 17.3 Å². The van der Waals surface area contributed by atoms with Crippen LogP contribution in [0.15, 0.2) is 42.1 Å². The molecule has 6 heteroatoms. The molecule has 0 fully saturated rings. The van der Waals surface area contributed by atoms with E-state index in [1.807, 2.05) is 4.57 Å². The van der Waals surface area contributed by atoms with Crippen LogP contribution in [0.5, 0.6) is 0 Å². The molecule has 128 valence electrons. The Balaban J connectivity index is 2.38. The first-order valence-corrected chi connectivity index (χ1v) is 8.73. The predicted molar refractivity (Wildman–Crippen MR) is 98.9 cm³/mol. The van der Waals surface area contributed by atoms with Gasteiger partial charge >= 0.3 is 0 Å². The van der Waals surface area contributed by atoms with E-state index in [2.05, 4.69) is 61.8 Å². The Bertz CT molecular complexity index is 728. The summed E-state index contributed by atoms with van der Waals surface area (Å²) < 4.78 is 1.95. The number of benzene rings is 1. The summed E-state index contributed by atoms with van der Waals surface area (Å²) in [5.74, 6) is 0.388. The lowest BCUT2D eigenvalue weighted by atomic mass is 9.87. The highest BCUT2D eigenvalue weighted by atomic mass is 32.2. The number of allylic oxidation sites excluding steroid dienone is 1. The average Bonchev–Trinajstić information content (AvgIpc) is 2.89. The molecule has 0 aliphatic rings. The van der Waals surface area contributed by atoms with Crippen molar-refractivity contribution in [2.45, 2.75) is 50.1 Å². The van der Waals surface area contributed by atoms with Crippen molar-refractivity contribution in [2.75, 3.05) is 0 Å². The van der Waals surface area contributed by atoms with Crippen LogP contribution >= 0.6 is 11.8 Å². The van der Waals surface area contributed by atoms with Crippen LogP contribution in [0.2, 0.25) is 0 Å². The normalized spacial score (nSPS) is 12.8. The molecule has 0 spiro atoms. The molecule has 0 aliphatic heterocycles. The molecule has 1 aromatic heterocycles. The zero-order valence-corrected chi connectivity index (χ0v) is 15.4. The van der Waals surface area contributed by atoms with E-state index in [1.54, 1.807) is 13.0 Å². The molecule has 0 saturated carbocycles. The highest BCUT2D eigenvalue weighted by Crippen LogP contribution is 2.29. The largest absolute Gasteiger partial charge is 0.369 e. The van der Waals surface area contributed by atoms with Gasteiger partial charge in [-0.3, -0.25) is 9.36 Å². The summed E-state index contributed by atoms with van der Waals surface area (Å²) in [4.78, 5) is 11.3. The standard InChI is InChI=1S/C18H24N4OS/c1-6-11-22-16(20-21-17(22)24-12(2)15(19)23)13-7-9-14(10-8-13)18(3,4)5/h6-10,12H,1,11H2,2-5H3,(H2,19,23)/t12-/m1/s1. The van der Waals surface area contributed by atoms with Crippen LogP contribution in [-0.4, -0.2) is 25.9 Å². The number of aromatic nitrogens is 3. The Hall–Kier alpha value is -2.08. The third kappa shape index (κ3) is 4.06. The van der Waals surface area contributed by atoms with Crippen molar-refractivity contribution >= 4 is 17.7 Å². The van der Waals surface area contributed by atoms with Gasteiger partial charge in [-0.1, -0.05) is 62.9 Å². The fourth-order valence-corrected chi connectivity index (χ4v) is 3.03.